The maximum absolute atomic E-state index is 12.2. The van der Waals surface area contributed by atoms with E-state index in [1.807, 2.05) is 6.92 Å². The molecule has 0 bridgehead atoms. The van der Waals surface area contributed by atoms with Crippen LogP contribution in [0, 0.1) is 0 Å². The lowest BCUT2D eigenvalue weighted by atomic mass is 10.2. The predicted octanol–water partition coefficient (Wildman–Crippen LogP) is 2.33. The van der Waals surface area contributed by atoms with E-state index in [1.54, 1.807) is 24.3 Å². The minimum absolute atomic E-state index is 0.140. The van der Waals surface area contributed by atoms with E-state index in [2.05, 4.69) is 20.8 Å². The second-order valence-electron chi connectivity index (χ2n) is 5.48. The summed E-state index contributed by atoms with van der Waals surface area (Å²) >= 11 is 2.82. The molecule has 4 N–H and O–H groups in total. The SMILES string of the molecule is C[C@H](Sc1nnc(NC2CC2)s1)C(=O)Nc1ccc(C(N)=O)cc1. The maximum atomic E-state index is 12.2. The molecule has 1 saturated carbocycles. The number of carbonyl (C=O) groups excluding carboxylic acids is 2. The zero-order valence-electron chi connectivity index (χ0n) is 13.0. The Hall–Kier alpha value is -2.13. The number of primary amides is 1. The third-order valence-corrected chi connectivity index (χ3v) is 5.43. The lowest BCUT2D eigenvalue weighted by Gasteiger charge is -2.10. The number of amides is 2. The van der Waals surface area contributed by atoms with Crippen molar-refractivity contribution in [3.8, 4) is 0 Å². The summed E-state index contributed by atoms with van der Waals surface area (Å²) < 4.78 is 0.755. The highest BCUT2D eigenvalue weighted by molar-refractivity contribution is 8.02. The zero-order chi connectivity index (χ0) is 17.1. The fourth-order valence-corrected chi connectivity index (χ4v) is 3.86. The number of aromatic nitrogens is 2. The Morgan fingerprint density at radius 1 is 1.29 bits per heavy atom. The Morgan fingerprint density at radius 3 is 2.62 bits per heavy atom. The second kappa shape index (κ2) is 7.18. The standard InChI is InChI=1S/C15H17N5O2S2/c1-8(23-15-20-19-14(24-15)18-11-6-7-11)13(22)17-10-4-2-9(3-5-10)12(16)21/h2-5,8,11H,6-7H2,1H3,(H2,16,21)(H,17,22)(H,18,19)/t8-/m0/s1. The highest BCUT2D eigenvalue weighted by Gasteiger charge is 2.23. The molecule has 126 valence electrons. The summed E-state index contributed by atoms with van der Waals surface area (Å²) in [6, 6.07) is 6.99. The van der Waals surface area contributed by atoms with Gasteiger partial charge in [0.15, 0.2) is 4.34 Å². The van der Waals surface area contributed by atoms with Crippen molar-refractivity contribution in [3.05, 3.63) is 29.8 Å². The van der Waals surface area contributed by atoms with Gasteiger partial charge >= 0.3 is 0 Å². The van der Waals surface area contributed by atoms with Crippen LogP contribution in [0.3, 0.4) is 0 Å². The molecule has 1 aromatic heterocycles. The van der Waals surface area contributed by atoms with Crippen molar-refractivity contribution in [3.63, 3.8) is 0 Å². The third kappa shape index (κ3) is 4.45. The minimum atomic E-state index is -0.497. The number of benzene rings is 1. The molecule has 1 fully saturated rings. The molecule has 0 radical (unpaired) electrons. The molecule has 1 atom stereocenters. The molecule has 1 aliphatic rings. The largest absolute Gasteiger partial charge is 0.366 e. The summed E-state index contributed by atoms with van der Waals surface area (Å²) in [5.41, 5.74) is 6.21. The van der Waals surface area contributed by atoms with E-state index in [1.165, 1.54) is 35.9 Å². The first-order valence-corrected chi connectivity index (χ1v) is 9.18. The summed E-state index contributed by atoms with van der Waals surface area (Å²) in [6.45, 7) is 1.81. The van der Waals surface area contributed by atoms with Gasteiger partial charge in [-0.3, -0.25) is 9.59 Å². The molecule has 1 aliphatic carbocycles. The Labute approximate surface area is 147 Å². The lowest BCUT2D eigenvalue weighted by molar-refractivity contribution is -0.115. The number of thioether (sulfide) groups is 1. The van der Waals surface area contributed by atoms with Gasteiger partial charge < -0.3 is 16.4 Å². The van der Waals surface area contributed by atoms with E-state index < -0.39 is 5.91 Å². The van der Waals surface area contributed by atoms with Crippen LogP contribution >= 0.6 is 23.1 Å². The maximum Gasteiger partial charge on any atom is 0.248 e. The molecule has 0 aliphatic heterocycles. The molecule has 2 amide bonds. The Bertz CT molecular complexity index is 743. The highest BCUT2D eigenvalue weighted by Crippen LogP contribution is 2.32. The van der Waals surface area contributed by atoms with Gasteiger partial charge in [0.05, 0.1) is 5.25 Å². The number of nitrogens with one attached hydrogen (secondary N) is 2. The first-order chi connectivity index (χ1) is 11.5. The fourth-order valence-electron chi connectivity index (χ4n) is 1.88. The van der Waals surface area contributed by atoms with Crippen LogP contribution in [-0.4, -0.2) is 33.3 Å². The molecule has 0 saturated heterocycles. The minimum Gasteiger partial charge on any atom is -0.366 e. The summed E-state index contributed by atoms with van der Waals surface area (Å²) in [7, 11) is 0. The molecule has 3 rings (SSSR count). The molecular weight excluding hydrogens is 346 g/mol. The van der Waals surface area contributed by atoms with Gasteiger partial charge in [0.2, 0.25) is 16.9 Å². The zero-order valence-corrected chi connectivity index (χ0v) is 14.6. The molecule has 1 aromatic carbocycles. The average Bonchev–Trinajstić information content (AvgIpc) is 3.26. The molecule has 1 heterocycles. The van der Waals surface area contributed by atoms with Gasteiger partial charge in [0, 0.05) is 17.3 Å². The van der Waals surface area contributed by atoms with Crippen molar-refractivity contribution < 1.29 is 9.59 Å². The highest BCUT2D eigenvalue weighted by atomic mass is 32.2. The second-order valence-corrected chi connectivity index (χ2v) is 8.05. The van der Waals surface area contributed by atoms with Crippen molar-refractivity contribution in [2.45, 2.75) is 35.4 Å². The molecule has 2 aromatic rings. The summed E-state index contributed by atoms with van der Waals surface area (Å²) in [6.07, 6.45) is 2.35. The van der Waals surface area contributed by atoms with Crippen LogP contribution < -0.4 is 16.4 Å². The summed E-state index contributed by atoms with van der Waals surface area (Å²) in [5.74, 6) is -0.637. The number of nitrogens with zero attached hydrogens (tertiary/aromatic N) is 2. The number of anilines is 2. The quantitative estimate of drug-likeness (QED) is 0.651. The Kier molecular flexibility index (Phi) is 5.00. The van der Waals surface area contributed by atoms with Crippen molar-refractivity contribution >= 4 is 45.7 Å². The first kappa shape index (κ1) is 16.7. The molecule has 7 nitrogen and oxygen atoms in total. The number of rotatable bonds is 7. The van der Waals surface area contributed by atoms with Crippen molar-refractivity contribution in [2.24, 2.45) is 5.73 Å². The van der Waals surface area contributed by atoms with Crippen LogP contribution in [0.25, 0.3) is 0 Å². The number of nitrogens with two attached hydrogens (primary N) is 1. The average molecular weight is 363 g/mol. The van der Waals surface area contributed by atoms with Crippen molar-refractivity contribution in [2.75, 3.05) is 10.6 Å². The topological polar surface area (TPSA) is 110 Å². The molecule has 24 heavy (non-hydrogen) atoms. The van der Waals surface area contributed by atoms with E-state index in [9.17, 15) is 9.59 Å². The number of carbonyl (C=O) groups is 2. The van der Waals surface area contributed by atoms with Crippen LogP contribution in [0.2, 0.25) is 0 Å². The van der Waals surface area contributed by atoms with Gasteiger partial charge in [-0.1, -0.05) is 23.1 Å². The van der Waals surface area contributed by atoms with Crippen molar-refractivity contribution in [1.82, 2.24) is 10.2 Å². The molecule has 0 unspecified atom stereocenters. The van der Waals surface area contributed by atoms with Crippen LogP contribution in [-0.2, 0) is 4.79 Å². The van der Waals surface area contributed by atoms with E-state index in [4.69, 9.17) is 5.73 Å². The fraction of sp³-hybridized carbons (Fsp3) is 0.333. The lowest BCUT2D eigenvalue weighted by Crippen LogP contribution is -2.22. The van der Waals surface area contributed by atoms with Gasteiger partial charge in [-0.15, -0.1) is 10.2 Å². The monoisotopic (exact) mass is 363 g/mol. The van der Waals surface area contributed by atoms with Crippen LogP contribution in [0.1, 0.15) is 30.1 Å². The van der Waals surface area contributed by atoms with Gasteiger partial charge in [0.25, 0.3) is 0 Å². The van der Waals surface area contributed by atoms with Crippen molar-refractivity contribution in [1.29, 1.82) is 0 Å². The predicted molar refractivity (Wildman–Crippen MR) is 95.5 cm³/mol. The normalized spacial score (nSPS) is 14.9. The molecule has 9 heteroatoms. The van der Waals surface area contributed by atoms with Gasteiger partial charge in [0.1, 0.15) is 0 Å². The van der Waals surface area contributed by atoms with E-state index in [0.29, 0.717) is 17.3 Å². The van der Waals surface area contributed by atoms with Gasteiger partial charge in [-0.25, -0.2) is 0 Å². The summed E-state index contributed by atoms with van der Waals surface area (Å²) in [4.78, 5) is 23.3. The van der Waals surface area contributed by atoms with Crippen LogP contribution in [0.15, 0.2) is 28.6 Å². The van der Waals surface area contributed by atoms with E-state index in [0.717, 1.165) is 9.47 Å². The van der Waals surface area contributed by atoms with Crippen LogP contribution in [0.4, 0.5) is 10.8 Å². The summed E-state index contributed by atoms with van der Waals surface area (Å²) in [5, 5.41) is 14.8. The molecule has 0 spiro atoms. The third-order valence-electron chi connectivity index (χ3n) is 3.40. The van der Waals surface area contributed by atoms with E-state index in [-0.39, 0.29) is 11.2 Å². The Morgan fingerprint density at radius 2 is 2.00 bits per heavy atom. The van der Waals surface area contributed by atoms with Crippen LogP contribution in [0.5, 0.6) is 0 Å². The Balaban J connectivity index is 1.53. The van der Waals surface area contributed by atoms with E-state index >= 15 is 0 Å². The number of hydrogen-bond donors (Lipinski definition) is 3. The first-order valence-electron chi connectivity index (χ1n) is 7.48. The number of hydrogen-bond acceptors (Lipinski definition) is 7. The van der Waals surface area contributed by atoms with Gasteiger partial charge in [-0.2, -0.15) is 0 Å². The van der Waals surface area contributed by atoms with Gasteiger partial charge in [-0.05, 0) is 44.0 Å². The molecular formula is C15H17N5O2S2. The smallest absolute Gasteiger partial charge is 0.248 e.